The van der Waals surface area contributed by atoms with Crippen LogP contribution in [0, 0.1) is 18.0 Å². The molecule has 2 unspecified atom stereocenters. The van der Waals surface area contributed by atoms with Gasteiger partial charge < -0.3 is 15.6 Å². The number of rotatable bonds is 1. The van der Waals surface area contributed by atoms with Crippen molar-refractivity contribution in [1.82, 2.24) is 9.97 Å². The average molecular weight is 191 g/mol. The highest BCUT2D eigenvalue weighted by Crippen LogP contribution is 2.44. The van der Waals surface area contributed by atoms with Crippen LogP contribution in [0.5, 0.6) is 0 Å². The highest BCUT2D eigenvalue weighted by molar-refractivity contribution is 5.40. The molecular formula is C9H11N4O. The summed E-state index contributed by atoms with van der Waals surface area (Å²) in [7, 11) is 0. The van der Waals surface area contributed by atoms with Crippen LogP contribution in [0.4, 0.5) is 5.82 Å². The molecule has 2 aliphatic rings. The van der Waals surface area contributed by atoms with Gasteiger partial charge in [-0.3, -0.25) is 4.79 Å². The van der Waals surface area contributed by atoms with Gasteiger partial charge in [0.1, 0.15) is 0 Å². The fourth-order valence-electron chi connectivity index (χ4n) is 2.28. The number of piperidine rings is 1. The van der Waals surface area contributed by atoms with Crippen molar-refractivity contribution in [1.29, 1.82) is 0 Å². The van der Waals surface area contributed by atoms with Gasteiger partial charge in [0.2, 0.25) is 0 Å². The lowest BCUT2D eigenvalue weighted by atomic mass is 10.4. The third kappa shape index (κ3) is 0.988. The quantitative estimate of drug-likeness (QED) is 0.594. The molecule has 0 amide bonds. The molecule has 14 heavy (non-hydrogen) atoms. The van der Waals surface area contributed by atoms with Crippen LogP contribution in [-0.4, -0.2) is 29.1 Å². The maximum atomic E-state index is 11.4. The van der Waals surface area contributed by atoms with E-state index in [1.165, 1.54) is 6.20 Å². The zero-order valence-corrected chi connectivity index (χ0v) is 7.60. The number of nitrogens with one attached hydrogen (secondary N) is 1. The highest BCUT2D eigenvalue weighted by Gasteiger charge is 2.54. The molecule has 1 aliphatic heterocycles. The Kier molecular flexibility index (Phi) is 1.47. The van der Waals surface area contributed by atoms with Gasteiger partial charge in [-0.2, -0.15) is 0 Å². The second-order valence-corrected chi connectivity index (χ2v) is 3.99. The Bertz CT molecular complexity index is 403. The van der Waals surface area contributed by atoms with E-state index >= 15 is 0 Å². The van der Waals surface area contributed by atoms with Crippen LogP contribution < -0.4 is 16.2 Å². The summed E-state index contributed by atoms with van der Waals surface area (Å²) in [5, 5.41) is 0. The fourth-order valence-corrected chi connectivity index (χ4v) is 2.28. The zero-order valence-electron chi connectivity index (χ0n) is 7.60. The largest absolute Gasteiger partial charge is 0.351 e. The van der Waals surface area contributed by atoms with Crippen molar-refractivity contribution in [2.75, 3.05) is 18.0 Å². The van der Waals surface area contributed by atoms with E-state index in [1.807, 2.05) is 4.90 Å². The van der Waals surface area contributed by atoms with E-state index in [0.29, 0.717) is 23.7 Å². The molecule has 2 heterocycles. The molecule has 3 N–H and O–H groups in total. The summed E-state index contributed by atoms with van der Waals surface area (Å²) in [6.45, 7) is 1.73. The lowest BCUT2D eigenvalue weighted by molar-refractivity contribution is 0.730. The number of H-pyrrole nitrogens is 1. The SMILES string of the molecule is NC1C2CN(c3nc[c][nH]c3=O)CC12. The smallest absolute Gasteiger partial charge is 0.291 e. The number of nitrogens with two attached hydrogens (primary N) is 1. The maximum absolute atomic E-state index is 11.4. The molecule has 0 spiro atoms. The number of aromatic nitrogens is 2. The molecule has 1 aromatic rings. The normalized spacial score (nSPS) is 34.4. The van der Waals surface area contributed by atoms with Crippen LogP contribution in [-0.2, 0) is 0 Å². The lowest BCUT2D eigenvalue weighted by Gasteiger charge is -2.18. The average Bonchev–Trinajstić information content (AvgIpc) is 2.66. The molecule has 2 fully saturated rings. The van der Waals surface area contributed by atoms with E-state index in [1.54, 1.807) is 0 Å². The van der Waals surface area contributed by atoms with Crippen molar-refractivity contribution in [2.45, 2.75) is 6.04 Å². The van der Waals surface area contributed by atoms with E-state index in [0.717, 1.165) is 13.1 Å². The van der Waals surface area contributed by atoms with Crippen LogP contribution in [0.2, 0.25) is 0 Å². The van der Waals surface area contributed by atoms with E-state index in [-0.39, 0.29) is 5.56 Å². The van der Waals surface area contributed by atoms with Crippen LogP contribution in [0.15, 0.2) is 11.0 Å². The molecular weight excluding hydrogens is 180 g/mol. The molecule has 5 heteroatoms. The van der Waals surface area contributed by atoms with Gasteiger partial charge in [0.15, 0.2) is 5.82 Å². The Balaban J connectivity index is 1.86. The minimum atomic E-state index is -0.164. The van der Waals surface area contributed by atoms with Crippen molar-refractivity contribution >= 4 is 5.82 Å². The first-order valence-corrected chi connectivity index (χ1v) is 4.73. The predicted molar refractivity (Wildman–Crippen MR) is 50.9 cm³/mol. The fraction of sp³-hybridized carbons (Fsp3) is 0.556. The van der Waals surface area contributed by atoms with Crippen LogP contribution >= 0.6 is 0 Å². The highest BCUT2D eigenvalue weighted by atomic mass is 16.1. The van der Waals surface area contributed by atoms with Gasteiger partial charge in [0.05, 0.1) is 12.4 Å². The predicted octanol–water partition coefficient (Wildman–Crippen LogP) is -1.04. The first-order chi connectivity index (χ1) is 6.77. The summed E-state index contributed by atoms with van der Waals surface area (Å²) >= 11 is 0. The van der Waals surface area contributed by atoms with Crippen molar-refractivity contribution in [2.24, 2.45) is 17.6 Å². The summed E-state index contributed by atoms with van der Waals surface area (Å²) in [5.74, 6) is 1.64. The molecule has 1 aromatic heterocycles. The summed E-state index contributed by atoms with van der Waals surface area (Å²) in [4.78, 5) is 19.9. The molecule has 1 aliphatic carbocycles. The van der Waals surface area contributed by atoms with Crippen molar-refractivity contribution in [3.8, 4) is 0 Å². The van der Waals surface area contributed by atoms with E-state index in [9.17, 15) is 4.79 Å². The van der Waals surface area contributed by atoms with Crippen molar-refractivity contribution in [3.63, 3.8) is 0 Å². The van der Waals surface area contributed by atoms with E-state index < -0.39 is 0 Å². The number of anilines is 1. The van der Waals surface area contributed by atoms with Gasteiger partial charge in [-0.1, -0.05) is 0 Å². The molecule has 3 rings (SSSR count). The third-order valence-corrected chi connectivity index (χ3v) is 3.20. The lowest BCUT2D eigenvalue weighted by Crippen LogP contribution is -2.33. The van der Waals surface area contributed by atoms with Gasteiger partial charge >= 0.3 is 0 Å². The minimum Gasteiger partial charge on any atom is -0.351 e. The minimum absolute atomic E-state index is 0.164. The number of hydrogen-bond acceptors (Lipinski definition) is 4. The van der Waals surface area contributed by atoms with Crippen molar-refractivity contribution < 1.29 is 0 Å². The van der Waals surface area contributed by atoms with Crippen molar-refractivity contribution in [3.05, 3.63) is 22.7 Å². The molecule has 73 valence electrons. The molecule has 0 aromatic carbocycles. The van der Waals surface area contributed by atoms with Gasteiger partial charge in [-0.15, -0.1) is 0 Å². The van der Waals surface area contributed by atoms with E-state index in [4.69, 9.17) is 5.73 Å². The number of aromatic amines is 1. The van der Waals surface area contributed by atoms with Gasteiger partial charge in [-0.25, -0.2) is 4.98 Å². The molecule has 1 saturated carbocycles. The van der Waals surface area contributed by atoms with Crippen LogP contribution in [0.1, 0.15) is 0 Å². The third-order valence-electron chi connectivity index (χ3n) is 3.20. The second-order valence-electron chi connectivity index (χ2n) is 3.99. The molecule has 0 bridgehead atoms. The first-order valence-electron chi connectivity index (χ1n) is 4.73. The molecule has 5 nitrogen and oxygen atoms in total. The summed E-state index contributed by atoms with van der Waals surface area (Å²) in [6.07, 6.45) is 4.04. The van der Waals surface area contributed by atoms with Gasteiger partial charge in [-0.05, 0) is 11.8 Å². The van der Waals surface area contributed by atoms with E-state index in [2.05, 4.69) is 16.2 Å². The summed E-state index contributed by atoms with van der Waals surface area (Å²) in [6, 6.07) is 0.348. The summed E-state index contributed by atoms with van der Waals surface area (Å²) < 4.78 is 0. The maximum Gasteiger partial charge on any atom is 0.291 e. The topological polar surface area (TPSA) is 75.0 Å². The monoisotopic (exact) mass is 191 g/mol. The van der Waals surface area contributed by atoms with Crippen LogP contribution in [0.3, 0.4) is 0 Å². The Hall–Kier alpha value is -1.36. The standard InChI is InChI=1S/C9H11N4O/c10-7-5-3-13(4-6(5)7)8-9(14)12-2-1-11-8/h1,5-7H,3-4,10H2,(H,12,14). The Morgan fingerprint density at radius 2 is 2.29 bits per heavy atom. The molecule has 2 atom stereocenters. The Labute approximate surface area is 80.9 Å². The van der Waals surface area contributed by atoms with Gasteiger partial charge in [0, 0.05) is 19.1 Å². The zero-order chi connectivity index (χ0) is 9.71. The second kappa shape index (κ2) is 2.57. The molecule has 1 radical (unpaired) electrons. The number of nitrogens with zero attached hydrogens (tertiary/aromatic N) is 2. The van der Waals surface area contributed by atoms with Gasteiger partial charge in [0.25, 0.3) is 5.56 Å². The Morgan fingerprint density at radius 3 is 2.93 bits per heavy atom. The van der Waals surface area contributed by atoms with Crippen LogP contribution in [0.25, 0.3) is 0 Å². The summed E-state index contributed by atoms with van der Waals surface area (Å²) in [5.41, 5.74) is 5.65. The number of fused-ring (bicyclic) bond motifs is 1. The Morgan fingerprint density at radius 1 is 1.57 bits per heavy atom. The number of hydrogen-bond donors (Lipinski definition) is 2. The molecule has 1 saturated heterocycles. The first kappa shape index (κ1) is 7.99.